The molecule has 1 unspecified atom stereocenters. The first-order chi connectivity index (χ1) is 17.4. The SMILES string of the molecule is CSC(=N)n1cccn1.O=S(=O)(N1CCCCC1)N1CC(c2cccnc2)C(c2ccc(Cl)cc2)=N1. The molecule has 2 aliphatic heterocycles. The molecule has 190 valence electrons. The normalized spacial score (nSPS) is 18.3. The number of nitrogens with one attached hydrogen (secondary N) is 1. The average molecular weight is 546 g/mol. The topological polar surface area (TPSA) is 108 Å². The van der Waals surface area contributed by atoms with Gasteiger partial charge in [0.1, 0.15) is 0 Å². The number of aromatic nitrogens is 3. The molecule has 1 aromatic carbocycles. The van der Waals surface area contributed by atoms with E-state index in [1.54, 1.807) is 47.3 Å². The maximum atomic E-state index is 13.1. The molecule has 1 saturated heterocycles. The minimum absolute atomic E-state index is 0.167. The van der Waals surface area contributed by atoms with Crippen molar-refractivity contribution >= 4 is 44.5 Å². The molecule has 2 aliphatic rings. The Morgan fingerprint density at radius 1 is 1.08 bits per heavy atom. The Bertz CT molecular complexity index is 1280. The van der Waals surface area contributed by atoms with Crippen LogP contribution in [0, 0.1) is 5.41 Å². The van der Waals surface area contributed by atoms with Crippen LogP contribution in [-0.2, 0) is 10.2 Å². The summed E-state index contributed by atoms with van der Waals surface area (Å²) in [6, 6.07) is 13.0. The summed E-state index contributed by atoms with van der Waals surface area (Å²) in [5.41, 5.74) is 2.53. The number of hydrazone groups is 1. The van der Waals surface area contributed by atoms with Crippen molar-refractivity contribution in [1.82, 2.24) is 23.5 Å². The largest absolute Gasteiger partial charge is 0.318 e. The van der Waals surface area contributed by atoms with E-state index < -0.39 is 10.2 Å². The van der Waals surface area contributed by atoms with Gasteiger partial charge < -0.3 is 0 Å². The molecule has 1 fully saturated rings. The summed E-state index contributed by atoms with van der Waals surface area (Å²) in [4.78, 5) is 4.19. The predicted octanol–water partition coefficient (Wildman–Crippen LogP) is 4.30. The third-order valence-corrected chi connectivity index (χ3v) is 8.54. The zero-order valence-electron chi connectivity index (χ0n) is 19.9. The highest BCUT2D eigenvalue weighted by Gasteiger charge is 2.38. The fraction of sp³-hybridized carbons (Fsp3) is 0.333. The maximum Gasteiger partial charge on any atom is 0.318 e. The second-order valence-corrected chi connectivity index (χ2v) is 11.3. The molecule has 1 N–H and O–H groups in total. The first-order valence-corrected chi connectivity index (χ1v) is 14.5. The minimum Gasteiger partial charge on any atom is -0.277 e. The molecule has 0 saturated carbocycles. The first-order valence-electron chi connectivity index (χ1n) is 11.5. The molecule has 9 nitrogen and oxygen atoms in total. The molecule has 12 heteroatoms. The number of halogens is 1. The second-order valence-electron chi connectivity index (χ2n) is 8.26. The van der Waals surface area contributed by atoms with Crippen LogP contribution >= 0.6 is 23.4 Å². The van der Waals surface area contributed by atoms with E-state index in [4.69, 9.17) is 17.0 Å². The maximum absolute atomic E-state index is 13.1. The molecule has 2 aromatic heterocycles. The van der Waals surface area contributed by atoms with Crippen molar-refractivity contribution in [3.05, 3.63) is 83.4 Å². The summed E-state index contributed by atoms with van der Waals surface area (Å²) >= 11 is 7.38. The third kappa shape index (κ3) is 6.15. The van der Waals surface area contributed by atoms with Crippen LogP contribution < -0.4 is 0 Å². The lowest BCUT2D eigenvalue weighted by Gasteiger charge is -2.29. The lowest BCUT2D eigenvalue weighted by Crippen LogP contribution is -2.43. The van der Waals surface area contributed by atoms with Crippen LogP contribution in [0.3, 0.4) is 0 Å². The molecular weight excluding hydrogens is 518 g/mol. The van der Waals surface area contributed by atoms with E-state index in [2.05, 4.69) is 15.2 Å². The van der Waals surface area contributed by atoms with Gasteiger partial charge in [-0.25, -0.2) is 4.68 Å². The smallest absolute Gasteiger partial charge is 0.277 e. The highest BCUT2D eigenvalue weighted by Crippen LogP contribution is 2.31. The molecule has 36 heavy (non-hydrogen) atoms. The van der Waals surface area contributed by atoms with Gasteiger partial charge in [-0.15, -0.1) is 0 Å². The van der Waals surface area contributed by atoms with Gasteiger partial charge in [0.05, 0.1) is 18.2 Å². The van der Waals surface area contributed by atoms with E-state index in [9.17, 15) is 8.42 Å². The van der Waals surface area contributed by atoms with Crippen LogP contribution in [0.15, 0.2) is 72.4 Å². The molecule has 1 atom stereocenters. The van der Waals surface area contributed by atoms with Crippen molar-refractivity contribution in [2.24, 2.45) is 5.10 Å². The van der Waals surface area contributed by atoms with E-state index in [-0.39, 0.29) is 12.5 Å². The number of hydrogen-bond donors (Lipinski definition) is 1. The molecular formula is C24H28ClN7O2S2. The molecule has 0 aliphatic carbocycles. The molecule has 3 aromatic rings. The van der Waals surface area contributed by atoms with Crippen LogP contribution in [0.2, 0.25) is 5.02 Å². The Morgan fingerprint density at radius 2 is 1.83 bits per heavy atom. The van der Waals surface area contributed by atoms with Crippen LogP contribution in [0.4, 0.5) is 0 Å². The average Bonchev–Trinajstić information content (AvgIpc) is 3.62. The van der Waals surface area contributed by atoms with Gasteiger partial charge >= 0.3 is 10.2 Å². The summed E-state index contributed by atoms with van der Waals surface area (Å²) in [5.74, 6) is -0.167. The van der Waals surface area contributed by atoms with Crippen LogP contribution in [-0.4, -0.2) is 68.7 Å². The summed E-state index contributed by atoms with van der Waals surface area (Å²) in [6.07, 6.45) is 11.6. The zero-order valence-corrected chi connectivity index (χ0v) is 22.3. The van der Waals surface area contributed by atoms with E-state index in [1.807, 2.05) is 30.5 Å². The van der Waals surface area contributed by atoms with Gasteiger partial charge in [-0.3, -0.25) is 10.4 Å². The van der Waals surface area contributed by atoms with Gasteiger partial charge in [-0.05, 0) is 54.5 Å². The van der Waals surface area contributed by atoms with E-state index in [0.717, 1.165) is 36.1 Å². The Balaban J connectivity index is 0.000000286. The van der Waals surface area contributed by atoms with Gasteiger partial charge in [0.2, 0.25) is 0 Å². The Morgan fingerprint density at radius 3 is 2.44 bits per heavy atom. The van der Waals surface area contributed by atoms with E-state index in [1.165, 1.54) is 20.9 Å². The first kappa shape index (κ1) is 26.3. The molecule has 5 rings (SSSR count). The van der Waals surface area contributed by atoms with Gasteiger partial charge in [0.15, 0.2) is 5.17 Å². The summed E-state index contributed by atoms with van der Waals surface area (Å²) in [7, 11) is -3.62. The third-order valence-electron chi connectivity index (χ3n) is 5.93. The van der Waals surface area contributed by atoms with Gasteiger partial charge in [-0.2, -0.15) is 27.3 Å². The van der Waals surface area contributed by atoms with Gasteiger partial charge in [-0.1, -0.05) is 48.0 Å². The highest BCUT2D eigenvalue weighted by molar-refractivity contribution is 8.13. The fourth-order valence-electron chi connectivity index (χ4n) is 4.06. The summed E-state index contributed by atoms with van der Waals surface area (Å²) in [5, 5.41) is 16.7. The second kappa shape index (κ2) is 12.0. The monoisotopic (exact) mass is 545 g/mol. The van der Waals surface area contributed by atoms with Crippen molar-refractivity contribution in [1.29, 1.82) is 5.41 Å². The number of piperidine rings is 1. The molecule has 0 spiro atoms. The number of rotatable bonds is 4. The molecule has 0 radical (unpaired) electrons. The number of benzene rings is 1. The number of hydrogen-bond acceptors (Lipinski definition) is 7. The van der Waals surface area contributed by atoms with Gasteiger partial charge in [0.25, 0.3) is 0 Å². The molecule has 0 amide bonds. The van der Waals surface area contributed by atoms with Crippen LogP contribution in [0.5, 0.6) is 0 Å². The van der Waals surface area contributed by atoms with E-state index >= 15 is 0 Å². The van der Waals surface area contributed by atoms with Crippen molar-refractivity contribution in [2.75, 3.05) is 25.9 Å². The highest BCUT2D eigenvalue weighted by atomic mass is 35.5. The lowest BCUT2D eigenvalue weighted by atomic mass is 9.92. The van der Waals surface area contributed by atoms with Crippen molar-refractivity contribution in [3.63, 3.8) is 0 Å². The van der Waals surface area contributed by atoms with E-state index in [0.29, 0.717) is 23.3 Å². The van der Waals surface area contributed by atoms with Gasteiger partial charge in [0, 0.05) is 42.9 Å². The standard InChI is InChI=1S/C19H21ClN4O2S.C5H7N3S/c20-17-8-6-15(7-9-17)19-18(16-5-4-10-21-13-16)14-24(22-19)27(25,26)23-11-2-1-3-12-23;1-9-5(6)8-4-2-3-7-8/h4-10,13,18H,1-3,11-12,14H2;2-4,6H,1H3. The zero-order chi connectivity index (χ0) is 25.5. The summed E-state index contributed by atoms with van der Waals surface area (Å²) in [6.45, 7) is 1.40. The van der Waals surface area contributed by atoms with Crippen molar-refractivity contribution < 1.29 is 8.42 Å². The lowest BCUT2D eigenvalue weighted by molar-refractivity contribution is 0.311. The molecule has 0 bridgehead atoms. The summed E-state index contributed by atoms with van der Waals surface area (Å²) < 4.78 is 30.5. The fourth-order valence-corrected chi connectivity index (χ4v) is 5.99. The molecule has 4 heterocycles. The Labute approximate surface area is 220 Å². The quantitative estimate of drug-likeness (QED) is 0.388. The Kier molecular flexibility index (Phi) is 8.78. The van der Waals surface area contributed by atoms with Crippen molar-refractivity contribution in [3.8, 4) is 0 Å². The number of nitrogens with zero attached hydrogens (tertiary/aromatic N) is 6. The number of thioether (sulfide) groups is 1. The van der Waals surface area contributed by atoms with Crippen LogP contribution in [0.1, 0.15) is 36.3 Å². The number of pyridine rings is 1. The van der Waals surface area contributed by atoms with Crippen LogP contribution in [0.25, 0.3) is 0 Å². The predicted molar refractivity (Wildman–Crippen MR) is 145 cm³/mol. The van der Waals surface area contributed by atoms with Crippen molar-refractivity contribution in [2.45, 2.75) is 25.2 Å². The Hall–Kier alpha value is -2.73. The minimum atomic E-state index is -3.62.